The molecule has 0 fully saturated rings. The lowest BCUT2D eigenvalue weighted by atomic mass is 10.0. The second-order valence-corrected chi connectivity index (χ2v) is 4.34. The summed E-state index contributed by atoms with van der Waals surface area (Å²) in [5.74, 6) is 0.250. The van der Waals surface area contributed by atoms with Crippen LogP contribution in [0.3, 0.4) is 0 Å². The van der Waals surface area contributed by atoms with Gasteiger partial charge in [-0.2, -0.15) is 0 Å². The number of carbonyl (C=O) groups excluding carboxylic acids is 1. The van der Waals surface area contributed by atoms with Gasteiger partial charge in [-0.1, -0.05) is 26.0 Å². The summed E-state index contributed by atoms with van der Waals surface area (Å²) in [4.78, 5) is 11.7. The Hall–Kier alpha value is -1.62. The number of thiocarbonyl (C=S) groups is 1. The van der Waals surface area contributed by atoms with Crippen LogP contribution in [0.25, 0.3) is 0 Å². The average Bonchev–Trinajstić information content (AvgIpc) is 2.35. The maximum Gasteiger partial charge on any atom is 0.269 e. The van der Waals surface area contributed by atoms with Crippen molar-refractivity contribution in [2.75, 3.05) is 7.05 Å². The van der Waals surface area contributed by atoms with E-state index in [1.807, 2.05) is 12.1 Å². The summed E-state index contributed by atoms with van der Waals surface area (Å²) in [6, 6.07) is 7.51. The van der Waals surface area contributed by atoms with Gasteiger partial charge in [0.2, 0.25) is 0 Å². The molecule has 17 heavy (non-hydrogen) atoms. The number of benzene rings is 1. The molecule has 0 bridgehead atoms. The Morgan fingerprint density at radius 2 is 1.76 bits per heavy atom. The molecule has 0 saturated heterocycles. The summed E-state index contributed by atoms with van der Waals surface area (Å²) in [6.45, 7) is 4.23. The summed E-state index contributed by atoms with van der Waals surface area (Å²) in [5.41, 5.74) is 6.90. The fourth-order valence-electron chi connectivity index (χ4n) is 1.27. The highest BCUT2D eigenvalue weighted by Gasteiger charge is 2.06. The van der Waals surface area contributed by atoms with Crippen molar-refractivity contribution < 1.29 is 4.79 Å². The van der Waals surface area contributed by atoms with Gasteiger partial charge < -0.3 is 5.32 Å². The molecule has 1 aromatic rings. The van der Waals surface area contributed by atoms with Crippen LogP contribution < -0.4 is 16.2 Å². The van der Waals surface area contributed by atoms with Crippen LogP contribution in [0.4, 0.5) is 0 Å². The molecule has 3 N–H and O–H groups in total. The molecule has 0 aliphatic heterocycles. The van der Waals surface area contributed by atoms with Gasteiger partial charge in [0.05, 0.1) is 0 Å². The monoisotopic (exact) mass is 251 g/mol. The molecule has 4 nitrogen and oxygen atoms in total. The second kappa shape index (κ2) is 6.20. The van der Waals surface area contributed by atoms with Crippen molar-refractivity contribution in [3.8, 4) is 0 Å². The topological polar surface area (TPSA) is 53.2 Å². The molecule has 0 aliphatic rings. The van der Waals surface area contributed by atoms with Crippen molar-refractivity contribution in [1.82, 2.24) is 16.2 Å². The maximum absolute atomic E-state index is 11.7. The third-order valence-electron chi connectivity index (χ3n) is 2.36. The van der Waals surface area contributed by atoms with E-state index >= 15 is 0 Å². The van der Waals surface area contributed by atoms with Crippen molar-refractivity contribution in [3.63, 3.8) is 0 Å². The van der Waals surface area contributed by atoms with Crippen LogP contribution >= 0.6 is 12.2 Å². The van der Waals surface area contributed by atoms with Gasteiger partial charge in [-0.05, 0) is 35.8 Å². The Morgan fingerprint density at radius 1 is 1.18 bits per heavy atom. The number of hydrogen-bond donors (Lipinski definition) is 3. The largest absolute Gasteiger partial charge is 0.364 e. The second-order valence-electron chi connectivity index (χ2n) is 3.93. The highest BCUT2D eigenvalue weighted by Crippen LogP contribution is 2.14. The fourth-order valence-corrected chi connectivity index (χ4v) is 1.32. The number of nitrogens with one attached hydrogen (secondary N) is 3. The highest BCUT2D eigenvalue weighted by molar-refractivity contribution is 7.80. The first kappa shape index (κ1) is 13.4. The molecule has 0 unspecified atom stereocenters. The Bertz CT molecular complexity index is 401. The summed E-state index contributed by atoms with van der Waals surface area (Å²) < 4.78 is 0. The molecule has 1 aromatic carbocycles. The van der Waals surface area contributed by atoms with E-state index in [0.717, 1.165) is 0 Å². The molecule has 0 saturated carbocycles. The van der Waals surface area contributed by atoms with Crippen LogP contribution in [0.2, 0.25) is 0 Å². The Kier molecular flexibility index (Phi) is 4.90. The number of rotatable bonds is 2. The van der Waals surface area contributed by atoms with Gasteiger partial charge in [0, 0.05) is 12.6 Å². The number of amides is 1. The quantitative estimate of drug-likeness (QED) is 0.551. The van der Waals surface area contributed by atoms with E-state index in [-0.39, 0.29) is 5.91 Å². The van der Waals surface area contributed by atoms with E-state index in [1.54, 1.807) is 19.2 Å². The first-order valence-electron chi connectivity index (χ1n) is 5.42. The van der Waals surface area contributed by atoms with E-state index in [4.69, 9.17) is 12.2 Å². The number of hydrogen-bond acceptors (Lipinski definition) is 2. The third-order valence-corrected chi connectivity index (χ3v) is 2.66. The zero-order valence-corrected chi connectivity index (χ0v) is 11.0. The van der Waals surface area contributed by atoms with Crippen molar-refractivity contribution in [1.29, 1.82) is 0 Å². The predicted octanol–water partition coefficient (Wildman–Crippen LogP) is 1.55. The first-order valence-corrected chi connectivity index (χ1v) is 5.83. The van der Waals surface area contributed by atoms with Crippen LogP contribution in [0.1, 0.15) is 35.7 Å². The Labute approximate surface area is 107 Å². The van der Waals surface area contributed by atoms with E-state index < -0.39 is 0 Å². The van der Waals surface area contributed by atoms with Crippen molar-refractivity contribution in [2.24, 2.45) is 0 Å². The van der Waals surface area contributed by atoms with Gasteiger partial charge in [-0.3, -0.25) is 15.6 Å². The van der Waals surface area contributed by atoms with Crippen LogP contribution in [0.15, 0.2) is 24.3 Å². The zero-order valence-electron chi connectivity index (χ0n) is 10.2. The Balaban J connectivity index is 2.61. The minimum Gasteiger partial charge on any atom is -0.364 e. The van der Waals surface area contributed by atoms with E-state index in [9.17, 15) is 4.79 Å². The zero-order chi connectivity index (χ0) is 12.8. The molecule has 0 aliphatic carbocycles. The molecule has 92 valence electrons. The summed E-state index contributed by atoms with van der Waals surface area (Å²) in [5, 5.41) is 3.07. The van der Waals surface area contributed by atoms with Crippen molar-refractivity contribution in [3.05, 3.63) is 35.4 Å². The van der Waals surface area contributed by atoms with Gasteiger partial charge in [0.1, 0.15) is 0 Å². The van der Waals surface area contributed by atoms with Crippen molar-refractivity contribution in [2.45, 2.75) is 19.8 Å². The Morgan fingerprint density at radius 3 is 2.24 bits per heavy atom. The van der Waals surface area contributed by atoms with Gasteiger partial charge in [-0.15, -0.1) is 0 Å². The molecule has 0 atom stereocenters. The number of carbonyl (C=O) groups is 1. The molecule has 0 radical (unpaired) electrons. The molecule has 0 spiro atoms. The predicted molar refractivity (Wildman–Crippen MR) is 72.8 cm³/mol. The van der Waals surface area contributed by atoms with E-state index in [1.165, 1.54) is 5.56 Å². The minimum atomic E-state index is -0.210. The highest BCUT2D eigenvalue weighted by atomic mass is 32.1. The molecule has 5 heteroatoms. The molecule has 0 aromatic heterocycles. The minimum absolute atomic E-state index is 0.210. The standard InChI is InChI=1S/C12H17N3OS/c1-8(2)9-4-6-10(7-5-9)11(16)14-15-12(17)13-3/h4-8H,1-3H3,(H,14,16)(H2,13,15,17). The fraction of sp³-hybridized carbons (Fsp3) is 0.333. The van der Waals surface area contributed by atoms with Gasteiger partial charge >= 0.3 is 0 Å². The molecule has 1 amide bonds. The smallest absolute Gasteiger partial charge is 0.269 e. The van der Waals surface area contributed by atoms with Crippen LogP contribution in [-0.2, 0) is 0 Å². The summed E-state index contributed by atoms with van der Waals surface area (Å²) in [7, 11) is 1.68. The van der Waals surface area contributed by atoms with E-state index in [2.05, 4.69) is 30.0 Å². The maximum atomic E-state index is 11.7. The molecule has 0 heterocycles. The molecular weight excluding hydrogens is 234 g/mol. The van der Waals surface area contributed by atoms with E-state index in [0.29, 0.717) is 16.6 Å². The number of hydrazine groups is 1. The first-order chi connectivity index (χ1) is 8.04. The molecule has 1 rings (SSSR count). The van der Waals surface area contributed by atoms with Crippen LogP contribution in [0, 0.1) is 0 Å². The van der Waals surface area contributed by atoms with Crippen LogP contribution in [0.5, 0.6) is 0 Å². The van der Waals surface area contributed by atoms with Gasteiger partial charge in [0.15, 0.2) is 5.11 Å². The summed E-state index contributed by atoms with van der Waals surface area (Å²) >= 11 is 4.84. The van der Waals surface area contributed by atoms with Crippen LogP contribution in [-0.4, -0.2) is 18.1 Å². The third kappa shape index (κ3) is 4.03. The normalized spacial score (nSPS) is 9.88. The lowest BCUT2D eigenvalue weighted by Crippen LogP contribution is -2.45. The molecular formula is C12H17N3OS. The SMILES string of the molecule is CNC(=S)NNC(=O)c1ccc(C(C)C)cc1. The lowest BCUT2D eigenvalue weighted by Gasteiger charge is -2.10. The summed E-state index contributed by atoms with van der Waals surface area (Å²) in [6.07, 6.45) is 0. The van der Waals surface area contributed by atoms with Gasteiger partial charge in [-0.25, -0.2) is 0 Å². The van der Waals surface area contributed by atoms with Gasteiger partial charge in [0.25, 0.3) is 5.91 Å². The van der Waals surface area contributed by atoms with Crippen molar-refractivity contribution >= 4 is 23.2 Å². The average molecular weight is 251 g/mol. The lowest BCUT2D eigenvalue weighted by molar-refractivity contribution is 0.0943.